The SMILES string of the molecule is Cc1ccc(NC(=O)CN2CCCCCC2)nc1. The molecular formula is C14H21N3O. The van der Waals surface area contributed by atoms with Crippen LogP contribution < -0.4 is 5.32 Å². The molecule has 0 radical (unpaired) electrons. The molecule has 0 spiro atoms. The second-order valence-corrected chi connectivity index (χ2v) is 4.96. The Bertz CT molecular complexity index is 381. The molecule has 1 amide bonds. The van der Waals surface area contributed by atoms with Gasteiger partial charge in [0.15, 0.2) is 0 Å². The molecule has 1 aromatic heterocycles. The van der Waals surface area contributed by atoms with Crippen LogP contribution in [-0.4, -0.2) is 35.4 Å². The number of aromatic nitrogens is 1. The first-order valence-corrected chi connectivity index (χ1v) is 6.69. The number of pyridine rings is 1. The van der Waals surface area contributed by atoms with Crippen LogP contribution in [0.25, 0.3) is 0 Å². The van der Waals surface area contributed by atoms with Gasteiger partial charge in [-0.05, 0) is 44.5 Å². The first kappa shape index (κ1) is 13.0. The third-order valence-electron chi connectivity index (χ3n) is 3.24. The Balaban J connectivity index is 1.82. The summed E-state index contributed by atoms with van der Waals surface area (Å²) in [7, 11) is 0. The molecular weight excluding hydrogens is 226 g/mol. The van der Waals surface area contributed by atoms with E-state index < -0.39 is 0 Å². The maximum atomic E-state index is 11.9. The average molecular weight is 247 g/mol. The quantitative estimate of drug-likeness (QED) is 0.890. The number of nitrogens with zero attached hydrogens (tertiary/aromatic N) is 2. The molecule has 1 aliphatic rings. The van der Waals surface area contributed by atoms with Crippen LogP contribution in [0.4, 0.5) is 5.82 Å². The third-order valence-corrected chi connectivity index (χ3v) is 3.24. The Morgan fingerprint density at radius 2 is 2.00 bits per heavy atom. The fourth-order valence-electron chi connectivity index (χ4n) is 2.22. The maximum Gasteiger partial charge on any atom is 0.239 e. The zero-order valence-corrected chi connectivity index (χ0v) is 11.0. The van der Waals surface area contributed by atoms with Crippen molar-refractivity contribution >= 4 is 11.7 Å². The Morgan fingerprint density at radius 1 is 1.28 bits per heavy atom. The van der Waals surface area contributed by atoms with E-state index in [-0.39, 0.29) is 5.91 Å². The van der Waals surface area contributed by atoms with Crippen molar-refractivity contribution in [3.05, 3.63) is 23.9 Å². The van der Waals surface area contributed by atoms with Crippen LogP contribution in [0.5, 0.6) is 0 Å². The van der Waals surface area contributed by atoms with Crippen molar-refractivity contribution in [2.45, 2.75) is 32.6 Å². The van der Waals surface area contributed by atoms with Gasteiger partial charge in [0, 0.05) is 6.20 Å². The lowest BCUT2D eigenvalue weighted by molar-refractivity contribution is -0.117. The maximum absolute atomic E-state index is 11.9. The number of aryl methyl sites for hydroxylation is 1. The molecule has 1 aliphatic heterocycles. The number of carbonyl (C=O) groups excluding carboxylic acids is 1. The number of anilines is 1. The van der Waals surface area contributed by atoms with Gasteiger partial charge in [-0.15, -0.1) is 0 Å². The molecule has 0 saturated carbocycles. The lowest BCUT2D eigenvalue weighted by Gasteiger charge is -2.18. The van der Waals surface area contributed by atoms with Gasteiger partial charge >= 0.3 is 0 Å². The van der Waals surface area contributed by atoms with E-state index in [1.165, 1.54) is 25.7 Å². The van der Waals surface area contributed by atoms with Crippen LogP contribution in [0, 0.1) is 6.92 Å². The molecule has 4 nitrogen and oxygen atoms in total. The van der Waals surface area contributed by atoms with Crippen molar-refractivity contribution < 1.29 is 4.79 Å². The van der Waals surface area contributed by atoms with Crippen LogP contribution in [0.1, 0.15) is 31.2 Å². The summed E-state index contributed by atoms with van der Waals surface area (Å²) in [5.41, 5.74) is 1.10. The summed E-state index contributed by atoms with van der Waals surface area (Å²) < 4.78 is 0. The molecule has 0 unspecified atom stereocenters. The fraction of sp³-hybridized carbons (Fsp3) is 0.571. The number of hydrogen-bond acceptors (Lipinski definition) is 3. The molecule has 2 heterocycles. The standard InChI is InChI=1S/C14H21N3O/c1-12-6-7-13(15-10-12)16-14(18)11-17-8-4-2-3-5-9-17/h6-7,10H,2-5,8-9,11H2,1H3,(H,15,16,18). The summed E-state index contributed by atoms with van der Waals surface area (Å²) >= 11 is 0. The van der Waals surface area contributed by atoms with Gasteiger partial charge in [0.1, 0.15) is 5.82 Å². The van der Waals surface area contributed by atoms with Gasteiger partial charge in [0.05, 0.1) is 6.54 Å². The fourth-order valence-corrected chi connectivity index (χ4v) is 2.22. The van der Waals surface area contributed by atoms with Crippen molar-refractivity contribution in [1.29, 1.82) is 0 Å². The summed E-state index contributed by atoms with van der Waals surface area (Å²) in [6.45, 7) is 4.54. The van der Waals surface area contributed by atoms with E-state index in [0.717, 1.165) is 18.7 Å². The van der Waals surface area contributed by atoms with Crippen LogP contribution >= 0.6 is 0 Å². The zero-order chi connectivity index (χ0) is 12.8. The molecule has 18 heavy (non-hydrogen) atoms. The topological polar surface area (TPSA) is 45.2 Å². The van der Waals surface area contributed by atoms with E-state index >= 15 is 0 Å². The van der Waals surface area contributed by atoms with Crippen molar-refractivity contribution in [2.24, 2.45) is 0 Å². The first-order chi connectivity index (χ1) is 8.74. The Hall–Kier alpha value is -1.42. The highest BCUT2D eigenvalue weighted by Gasteiger charge is 2.13. The summed E-state index contributed by atoms with van der Waals surface area (Å²) in [5.74, 6) is 0.675. The minimum Gasteiger partial charge on any atom is -0.310 e. The lowest BCUT2D eigenvalue weighted by Crippen LogP contribution is -2.34. The molecule has 1 fully saturated rings. The minimum atomic E-state index is 0.0354. The average Bonchev–Trinajstić information content (AvgIpc) is 2.61. The molecule has 0 aliphatic carbocycles. The molecule has 0 bridgehead atoms. The van der Waals surface area contributed by atoms with E-state index in [1.54, 1.807) is 6.20 Å². The lowest BCUT2D eigenvalue weighted by atomic mass is 10.2. The molecule has 0 aromatic carbocycles. The van der Waals surface area contributed by atoms with E-state index in [4.69, 9.17) is 0 Å². The van der Waals surface area contributed by atoms with Gasteiger partial charge in [-0.25, -0.2) is 4.98 Å². The van der Waals surface area contributed by atoms with Crippen LogP contribution in [0.2, 0.25) is 0 Å². The highest BCUT2D eigenvalue weighted by atomic mass is 16.2. The predicted molar refractivity (Wildman–Crippen MR) is 72.5 cm³/mol. The third kappa shape index (κ3) is 4.11. The van der Waals surface area contributed by atoms with Crippen molar-refractivity contribution in [3.63, 3.8) is 0 Å². The summed E-state index contributed by atoms with van der Waals surface area (Å²) in [4.78, 5) is 18.3. The van der Waals surface area contributed by atoms with E-state index in [1.807, 2.05) is 19.1 Å². The van der Waals surface area contributed by atoms with Gasteiger partial charge in [-0.1, -0.05) is 18.9 Å². The van der Waals surface area contributed by atoms with Crippen LogP contribution in [0.15, 0.2) is 18.3 Å². The van der Waals surface area contributed by atoms with Crippen LogP contribution in [0.3, 0.4) is 0 Å². The number of likely N-dealkylation sites (tertiary alicyclic amines) is 1. The van der Waals surface area contributed by atoms with E-state index in [0.29, 0.717) is 12.4 Å². The second kappa shape index (κ2) is 6.50. The van der Waals surface area contributed by atoms with Gasteiger partial charge < -0.3 is 5.32 Å². The minimum absolute atomic E-state index is 0.0354. The van der Waals surface area contributed by atoms with Crippen molar-refractivity contribution in [2.75, 3.05) is 25.0 Å². The number of rotatable bonds is 3. The van der Waals surface area contributed by atoms with Crippen molar-refractivity contribution in [3.8, 4) is 0 Å². The molecule has 98 valence electrons. The van der Waals surface area contributed by atoms with Gasteiger partial charge in [0.25, 0.3) is 0 Å². The molecule has 1 saturated heterocycles. The van der Waals surface area contributed by atoms with Crippen molar-refractivity contribution in [1.82, 2.24) is 9.88 Å². The van der Waals surface area contributed by atoms with Gasteiger partial charge in [-0.3, -0.25) is 9.69 Å². The monoisotopic (exact) mass is 247 g/mol. The number of carbonyl (C=O) groups is 1. The Kier molecular flexibility index (Phi) is 4.70. The smallest absolute Gasteiger partial charge is 0.239 e. The second-order valence-electron chi connectivity index (χ2n) is 4.96. The molecule has 0 atom stereocenters. The molecule has 1 aromatic rings. The summed E-state index contributed by atoms with van der Waals surface area (Å²) in [5, 5.41) is 2.85. The normalized spacial score (nSPS) is 17.2. The predicted octanol–water partition coefficient (Wildman–Crippen LogP) is 2.20. The van der Waals surface area contributed by atoms with E-state index in [2.05, 4.69) is 15.2 Å². The Morgan fingerprint density at radius 3 is 2.61 bits per heavy atom. The largest absolute Gasteiger partial charge is 0.310 e. The highest BCUT2D eigenvalue weighted by molar-refractivity contribution is 5.91. The Labute approximate surface area is 108 Å². The zero-order valence-electron chi connectivity index (χ0n) is 11.0. The van der Waals surface area contributed by atoms with Crippen LogP contribution in [-0.2, 0) is 4.79 Å². The summed E-state index contributed by atoms with van der Waals surface area (Å²) in [6, 6.07) is 3.80. The highest BCUT2D eigenvalue weighted by Crippen LogP contribution is 2.09. The van der Waals surface area contributed by atoms with E-state index in [9.17, 15) is 4.79 Å². The number of amides is 1. The van der Waals surface area contributed by atoms with Gasteiger partial charge in [-0.2, -0.15) is 0 Å². The number of hydrogen-bond donors (Lipinski definition) is 1. The summed E-state index contributed by atoms with van der Waals surface area (Å²) in [6.07, 6.45) is 6.75. The number of nitrogens with one attached hydrogen (secondary N) is 1. The molecule has 4 heteroatoms. The van der Waals surface area contributed by atoms with Gasteiger partial charge in [0.2, 0.25) is 5.91 Å². The first-order valence-electron chi connectivity index (χ1n) is 6.69. The molecule has 2 rings (SSSR count). The molecule has 1 N–H and O–H groups in total.